The van der Waals surface area contributed by atoms with Gasteiger partial charge < -0.3 is 14.2 Å². The van der Waals surface area contributed by atoms with Crippen LogP contribution in [0.4, 0.5) is 0 Å². The smallest absolute Gasteiger partial charge is 0.336 e. The van der Waals surface area contributed by atoms with Crippen molar-refractivity contribution in [3.63, 3.8) is 0 Å². The van der Waals surface area contributed by atoms with Crippen LogP contribution in [0.15, 0.2) is 120 Å². The number of nitrogens with zero attached hydrogens (tertiary/aromatic N) is 2. The lowest BCUT2D eigenvalue weighted by Crippen LogP contribution is -2.25. The van der Waals surface area contributed by atoms with Crippen molar-refractivity contribution in [3.05, 3.63) is 138 Å². The zero-order valence-corrected chi connectivity index (χ0v) is 23.3. The number of hydrogen-bond acceptors (Lipinski definition) is 6. The molecular weight excluding hydrogens is 528 g/mol. The number of hydrogen-bond donors (Lipinski definition) is 0. The van der Waals surface area contributed by atoms with E-state index in [1.54, 1.807) is 38.5 Å². The van der Waals surface area contributed by atoms with Gasteiger partial charge in [0.15, 0.2) is 11.5 Å². The first-order valence-corrected chi connectivity index (χ1v) is 13.5. The van der Waals surface area contributed by atoms with Crippen molar-refractivity contribution in [1.29, 1.82) is 0 Å². The van der Waals surface area contributed by atoms with Crippen molar-refractivity contribution in [2.75, 3.05) is 14.2 Å². The first-order chi connectivity index (χ1) is 20.6. The van der Waals surface area contributed by atoms with Crippen molar-refractivity contribution < 1.29 is 23.8 Å². The highest BCUT2D eigenvalue weighted by molar-refractivity contribution is 6.07. The minimum absolute atomic E-state index is 0.283. The van der Waals surface area contributed by atoms with Crippen LogP contribution >= 0.6 is 0 Å². The lowest BCUT2D eigenvalue weighted by Gasteiger charge is -2.21. The molecule has 0 aromatic heterocycles. The van der Waals surface area contributed by atoms with Crippen molar-refractivity contribution in [2.45, 2.75) is 12.5 Å². The van der Waals surface area contributed by atoms with Gasteiger partial charge in [-0.05, 0) is 53.1 Å². The van der Waals surface area contributed by atoms with E-state index in [4.69, 9.17) is 19.3 Å². The van der Waals surface area contributed by atoms with Crippen LogP contribution in [0.5, 0.6) is 17.2 Å². The van der Waals surface area contributed by atoms with Crippen LogP contribution in [0, 0.1) is 0 Å². The second-order valence-electron chi connectivity index (χ2n) is 9.47. The number of para-hydroxylation sites is 1. The summed E-state index contributed by atoms with van der Waals surface area (Å²) in [6, 6.07) is 31.4. The monoisotopic (exact) mass is 558 g/mol. The molecule has 0 bridgehead atoms. The van der Waals surface area contributed by atoms with Gasteiger partial charge in [-0.1, -0.05) is 78.9 Å². The maximum Gasteiger partial charge on any atom is 0.336 e. The molecule has 7 heteroatoms. The molecule has 1 amide bonds. The SMILES string of the molecule is COc1ccc([C@@H]2CC(c3ccccc3OC(=O)/C=C/c3ccccc3)=NN2C(=O)/C=C/c2ccccc2)cc1OC. The quantitative estimate of drug-likeness (QED) is 0.130. The number of esters is 1. The Kier molecular flexibility index (Phi) is 8.89. The zero-order valence-electron chi connectivity index (χ0n) is 23.3. The molecule has 0 saturated carbocycles. The average Bonchev–Trinajstić information content (AvgIpc) is 3.49. The standard InChI is InChI=1S/C35H30N2O5/c1-40-32-20-19-27(23-33(32)41-2)30-24-29(36-37(30)34(38)21-17-25-11-5-3-6-12-25)28-15-9-10-16-31(28)42-35(39)22-18-26-13-7-4-8-14-26/h3-23,30H,24H2,1-2H3/b21-17+,22-18+/t30-/m0/s1. The summed E-state index contributed by atoms with van der Waals surface area (Å²) >= 11 is 0. The average molecular weight is 559 g/mol. The molecule has 0 radical (unpaired) electrons. The highest BCUT2D eigenvalue weighted by atomic mass is 16.5. The molecule has 0 fully saturated rings. The van der Waals surface area contributed by atoms with E-state index in [1.807, 2.05) is 91.0 Å². The third kappa shape index (κ3) is 6.64. The second-order valence-corrected chi connectivity index (χ2v) is 9.47. The Morgan fingerprint density at radius 3 is 2.02 bits per heavy atom. The maximum absolute atomic E-state index is 13.5. The highest BCUT2D eigenvalue weighted by Crippen LogP contribution is 2.38. The fourth-order valence-corrected chi connectivity index (χ4v) is 4.67. The third-order valence-electron chi connectivity index (χ3n) is 6.77. The third-order valence-corrected chi connectivity index (χ3v) is 6.77. The molecule has 0 N–H and O–H groups in total. The van der Waals surface area contributed by atoms with Gasteiger partial charge in [0.2, 0.25) is 0 Å². The van der Waals surface area contributed by atoms with Crippen LogP contribution in [-0.2, 0) is 9.59 Å². The van der Waals surface area contributed by atoms with Gasteiger partial charge in [-0.2, -0.15) is 5.10 Å². The summed E-state index contributed by atoms with van der Waals surface area (Å²) < 4.78 is 16.7. The van der Waals surface area contributed by atoms with E-state index in [9.17, 15) is 9.59 Å². The molecule has 0 saturated heterocycles. The molecule has 0 spiro atoms. The number of amides is 1. The Labute approximate surface area is 245 Å². The van der Waals surface area contributed by atoms with Crippen LogP contribution in [0.2, 0.25) is 0 Å². The van der Waals surface area contributed by atoms with Crippen LogP contribution < -0.4 is 14.2 Å². The molecule has 7 nitrogen and oxygen atoms in total. The van der Waals surface area contributed by atoms with Crippen molar-refractivity contribution in [3.8, 4) is 17.2 Å². The number of hydrazone groups is 1. The van der Waals surface area contributed by atoms with E-state index < -0.39 is 12.0 Å². The van der Waals surface area contributed by atoms with Gasteiger partial charge in [0.25, 0.3) is 5.91 Å². The maximum atomic E-state index is 13.5. The van der Waals surface area contributed by atoms with Crippen molar-refractivity contribution in [2.24, 2.45) is 5.10 Å². The first kappa shape index (κ1) is 28.1. The number of ether oxygens (including phenoxy) is 3. The van der Waals surface area contributed by atoms with Gasteiger partial charge in [-0.15, -0.1) is 0 Å². The lowest BCUT2D eigenvalue weighted by molar-refractivity contribution is -0.129. The molecule has 4 aromatic rings. The predicted molar refractivity (Wildman–Crippen MR) is 163 cm³/mol. The molecular formula is C35H30N2O5. The summed E-state index contributed by atoms with van der Waals surface area (Å²) in [5, 5.41) is 6.22. The van der Waals surface area contributed by atoms with Crippen LogP contribution in [0.1, 0.15) is 34.7 Å². The number of benzene rings is 4. The molecule has 0 unspecified atom stereocenters. The molecule has 1 heterocycles. The van der Waals surface area contributed by atoms with E-state index in [2.05, 4.69) is 0 Å². The molecule has 42 heavy (non-hydrogen) atoms. The first-order valence-electron chi connectivity index (χ1n) is 13.5. The Hall–Kier alpha value is -5.43. The summed E-state index contributed by atoms with van der Waals surface area (Å²) in [7, 11) is 3.15. The van der Waals surface area contributed by atoms with Gasteiger partial charge in [0.05, 0.1) is 26.0 Å². The summed E-state index contributed by atoms with van der Waals surface area (Å²) in [6.45, 7) is 0. The Morgan fingerprint density at radius 2 is 1.36 bits per heavy atom. The van der Waals surface area contributed by atoms with E-state index in [0.717, 1.165) is 16.7 Å². The van der Waals surface area contributed by atoms with E-state index in [1.165, 1.54) is 17.2 Å². The molecule has 210 valence electrons. The number of carbonyl (C=O) groups excluding carboxylic acids is 2. The van der Waals surface area contributed by atoms with Gasteiger partial charge in [-0.3, -0.25) is 4.79 Å². The number of methoxy groups -OCH3 is 2. The van der Waals surface area contributed by atoms with E-state index in [-0.39, 0.29) is 5.91 Å². The Morgan fingerprint density at radius 1 is 0.738 bits per heavy atom. The summed E-state index contributed by atoms with van der Waals surface area (Å²) in [4.78, 5) is 26.2. The minimum Gasteiger partial charge on any atom is -0.493 e. The van der Waals surface area contributed by atoms with Crippen molar-refractivity contribution >= 4 is 29.7 Å². The van der Waals surface area contributed by atoms with Crippen LogP contribution in [0.3, 0.4) is 0 Å². The number of rotatable bonds is 9. The van der Waals surface area contributed by atoms with Gasteiger partial charge in [0.1, 0.15) is 5.75 Å². The van der Waals surface area contributed by atoms with Gasteiger partial charge in [-0.25, -0.2) is 9.80 Å². The summed E-state index contributed by atoms with van der Waals surface area (Å²) in [5.41, 5.74) is 3.86. The number of carbonyl (C=O) groups is 2. The molecule has 0 aliphatic carbocycles. The highest BCUT2D eigenvalue weighted by Gasteiger charge is 2.34. The van der Waals surface area contributed by atoms with Crippen LogP contribution in [0.25, 0.3) is 12.2 Å². The van der Waals surface area contributed by atoms with Gasteiger partial charge in [0, 0.05) is 24.1 Å². The largest absolute Gasteiger partial charge is 0.493 e. The molecule has 5 rings (SSSR count). The second kappa shape index (κ2) is 13.3. The molecule has 4 aromatic carbocycles. The van der Waals surface area contributed by atoms with E-state index in [0.29, 0.717) is 34.9 Å². The molecule has 1 aliphatic heterocycles. The molecule has 1 aliphatic rings. The lowest BCUT2D eigenvalue weighted by atomic mass is 9.97. The fraction of sp³-hybridized carbons (Fsp3) is 0.114. The fourth-order valence-electron chi connectivity index (χ4n) is 4.67. The Balaban J connectivity index is 1.45. The van der Waals surface area contributed by atoms with Crippen LogP contribution in [-0.4, -0.2) is 36.8 Å². The summed E-state index contributed by atoms with van der Waals surface area (Å²) in [6.07, 6.45) is 6.75. The topological polar surface area (TPSA) is 77.4 Å². The predicted octanol–water partition coefficient (Wildman–Crippen LogP) is 6.71. The molecule has 1 atom stereocenters. The van der Waals surface area contributed by atoms with Gasteiger partial charge >= 0.3 is 5.97 Å². The summed E-state index contributed by atoms with van der Waals surface area (Å²) in [5.74, 6) is 0.700. The van der Waals surface area contributed by atoms with Crippen molar-refractivity contribution in [1.82, 2.24) is 5.01 Å². The Bertz CT molecular complexity index is 1640. The normalized spacial score (nSPS) is 14.7. The van der Waals surface area contributed by atoms with E-state index >= 15 is 0 Å². The minimum atomic E-state index is -0.514. The zero-order chi connectivity index (χ0) is 29.3.